The van der Waals surface area contributed by atoms with Gasteiger partial charge in [0.05, 0.1) is 30.9 Å². The maximum absolute atomic E-state index is 13.3. The third-order valence-corrected chi connectivity index (χ3v) is 4.89. The largest absolute Gasteiger partial charge is 0.379 e. The number of nitrogens with zero attached hydrogens (tertiary/aromatic N) is 4. The molecule has 3 aromatic rings. The Balaban J connectivity index is 1.58. The average molecular weight is 366 g/mol. The van der Waals surface area contributed by atoms with E-state index in [1.165, 1.54) is 12.1 Å². The molecular formula is C21H23FN4O. The van der Waals surface area contributed by atoms with E-state index in [1.54, 1.807) is 24.5 Å². The zero-order valence-corrected chi connectivity index (χ0v) is 15.2. The van der Waals surface area contributed by atoms with Crippen molar-refractivity contribution in [3.8, 4) is 22.5 Å². The minimum atomic E-state index is -0.242. The van der Waals surface area contributed by atoms with Gasteiger partial charge in [-0.15, -0.1) is 0 Å². The van der Waals surface area contributed by atoms with Crippen LogP contribution in [-0.4, -0.2) is 52.3 Å². The van der Waals surface area contributed by atoms with Gasteiger partial charge in [0, 0.05) is 49.7 Å². The number of halogens is 1. The zero-order valence-electron chi connectivity index (χ0n) is 15.2. The first kappa shape index (κ1) is 17.8. The second-order valence-electron chi connectivity index (χ2n) is 6.69. The summed E-state index contributed by atoms with van der Waals surface area (Å²) in [5.41, 5.74) is 3.89. The number of aryl methyl sites for hydroxylation is 1. The van der Waals surface area contributed by atoms with Gasteiger partial charge in [-0.2, -0.15) is 0 Å². The fourth-order valence-corrected chi connectivity index (χ4v) is 3.47. The SMILES string of the molecule is Fc1ccc(-c2ncn(CCCN3CCOCC3)c2-c2ccncc2)cc1. The van der Waals surface area contributed by atoms with Gasteiger partial charge in [0.2, 0.25) is 0 Å². The number of imidazole rings is 1. The second kappa shape index (κ2) is 8.41. The Morgan fingerprint density at radius 2 is 1.67 bits per heavy atom. The van der Waals surface area contributed by atoms with Crippen molar-refractivity contribution in [3.63, 3.8) is 0 Å². The minimum Gasteiger partial charge on any atom is -0.379 e. The summed E-state index contributed by atoms with van der Waals surface area (Å²) >= 11 is 0. The maximum atomic E-state index is 13.3. The number of benzene rings is 1. The van der Waals surface area contributed by atoms with E-state index >= 15 is 0 Å². The molecule has 6 heteroatoms. The molecule has 0 amide bonds. The molecule has 0 spiro atoms. The Hall–Kier alpha value is -2.57. The topological polar surface area (TPSA) is 43.2 Å². The molecule has 1 aromatic carbocycles. The summed E-state index contributed by atoms with van der Waals surface area (Å²) in [6.07, 6.45) is 6.49. The van der Waals surface area contributed by atoms with Crippen molar-refractivity contribution in [3.05, 3.63) is 60.9 Å². The van der Waals surface area contributed by atoms with E-state index in [2.05, 4.69) is 19.4 Å². The van der Waals surface area contributed by atoms with Crippen LogP contribution in [0.2, 0.25) is 0 Å². The highest BCUT2D eigenvalue weighted by Crippen LogP contribution is 2.31. The molecule has 0 saturated carbocycles. The van der Waals surface area contributed by atoms with E-state index in [-0.39, 0.29) is 5.82 Å². The van der Waals surface area contributed by atoms with E-state index in [1.807, 2.05) is 18.5 Å². The lowest BCUT2D eigenvalue weighted by Crippen LogP contribution is -2.37. The lowest BCUT2D eigenvalue weighted by atomic mass is 10.1. The number of morpholine rings is 1. The van der Waals surface area contributed by atoms with Crippen LogP contribution in [0.4, 0.5) is 4.39 Å². The number of aromatic nitrogens is 3. The van der Waals surface area contributed by atoms with Crippen LogP contribution in [0.1, 0.15) is 6.42 Å². The molecule has 1 fully saturated rings. The minimum absolute atomic E-state index is 0.242. The third kappa shape index (κ3) is 4.23. The van der Waals surface area contributed by atoms with Gasteiger partial charge in [-0.05, 0) is 42.8 Å². The summed E-state index contributed by atoms with van der Waals surface area (Å²) in [5, 5.41) is 0. The third-order valence-electron chi connectivity index (χ3n) is 4.89. The summed E-state index contributed by atoms with van der Waals surface area (Å²) in [6, 6.07) is 10.5. The first-order valence-electron chi connectivity index (χ1n) is 9.33. The second-order valence-corrected chi connectivity index (χ2v) is 6.69. The number of hydrogen-bond donors (Lipinski definition) is 0. The quantitative estimate of drug-likeness (QED) is 0.670. The molecule has 0 N–H and O–H groups in total. The lowest BCUT2D eigenvalue weighted by molar-refractivity contribution is 0.0369. The molecule has 0 radical (unpaired) electrons. The molecule has 0 aliphatic carbocycles. The smallest absolute Gasteiger partial charge is 0.123 e. The molecule has 0 atom stereocenters. The first-order chi connectivity index (χ1) is 13.3. The van der Waals surface area contributed by atoms with Crippen molar-refractivity contribution in [1.82, 2.24) is 19.4 Å². The van der Waals surface area contributed by atoms with Crippen molar-refractivity contribution in [2.45, 2.75) is 13.0 Å². The van der Waals surface area contributed by atoms with Crippen molar-refractivity contribution >= 4 is 0 Å². The van der Waals surface area contributed by atoms with E-state index in [4.69, 9.17) is 4.74 Å². The molecule has 0 bridgehead atoms. The molecule has 1 saturated heterocycles. The summed E-state index contributed by atoms with van der Waals surface area (Å²) < 4.78 is 20.9. The van der Waals surface area contributed by atoms with Gasteiger partial charge in [-0.3, -0.25) is 9.88 Å². The highest BCUT2D eigenvalue weighted by molar-refractivity contribution is 5.78. The molecule has 27 heavy (non-hydrogen) atoms. The van der Waals surface area contributed by atoms with Gasteiger partial charge >= 0.3 is 0 Å². The average Bonchev–Trinajstić information content (AvgIpc) is 3.14. The number of ether oxygens (including phenoxy) is 1. The Kier molecular flexibility index (Phi) is 5.55. The van der Waals surface area contributed by atoms with Gasteiger partial charge in [0.15, 0.2) is 0 Å². The van der Waals surface area contributed by atoms with Crippen molar-refractivity contribution in [2.75, 3.05) is 32.8 Å². The van der Waals surface area contributed by atoms with Crippen LogP contribution in [0, 0.1) is 5.82 Å². The molecular weight excluding hydrogens is 343 g/mol. The fraction of sp³-hybridized carbons (Fsp3) is 0.333. The number of pyridine rings is 1. The molecule has 1 aliphatic heterocycles. The fourth-order valence-electron chi connectivity index (χ4n) is 3.47. The molecule has 5 nitrogen and oxygen atoms in total. The zero-order chi connectivity index (χ0) is 18.5. The van der Waals surface area contributed by atoms with E-state index < -0.39 is 0 Å². The molecule has 0 unspecified atom stereocenters. The van der Waals surface area contributed by atoms with Crippen LogP contribution in [0.15, 0.2) is 55.1 Å². The number of rotatable bonds is 6. The molecule has 1 aliphatic rings. The van der Waals surface area contributed by atoms with Crippen LogP contribution in [-0.2, 0) is 11.3 Å². The van der Waals surface area contributed by atoms with Crippen LogP contribution < -0.4 is 0 Å². The Morgan fingerprint density at radius 3 is 2.41 bits per heavy atom. The summed E-state index contributed by atoms with van der Waals surface area (Å²) in [4.78, 5) is 11.2. The molecule has 2 aromatic heterocycles. The standard InChI is InChI=1S/C21H23FN4O/c22-19-4-2-17(3-5-19)20-21(18-6-8-23-9-7-18)26(16-24-20)11-1-10-25-12-14-27-15-13-25/h2-9,16H,1,10-15H2. The van der Waals surface area contributed by atoms with Gasteiger partial charge in [0.25, 0.3) is 0 Å². The Morgan fingerprint density at radius 1 is 0.926 bits per heavy atom. The van der Waals surface area contributed by atoms with Gasteiger partial charge in [-0.1, -0.05) is 0 Å². The van der Waals surface area contributed by atoms with E-state index in [0.717, 1.165) is 68.3 Å². The van der Waals surface area contributed by atoms with Gasteiger partial charge in [0.1, 0.15) is 5.82 Å². The van der Waals surface area contributed by atoms with Crippen LogP contribution in [0.5, 0.6) is 0 Å². The monoisotopic (exact) mass is 366 g/mol. The molecule has 3 heterocycles. The van der Waals surface area contributed by atoms with Crippen LogP contribution in [0.3, 0.4) is 0 Å². The highest BCUT2D eigenvalue weighted by atomic mass is 19.1. The van der Waals surface area contributed by atoms with Crippen LogP contribution in [0.25, 0.3) is 22.5 Å². The summed E-state index contributed by atoms with van der Waals surface area (Å²) in [5.74, 6) is -0.242. The normalized spacial score (nSPS) is 15.1. The van der Waals surface area contributed by atoms with Crippen LogP contribution >= 0.6 is 0 Å². The lowest BCUT2D eigenvalue weighted by Gasteiger charge is -2.26. The predicted molar refractivity (Wildman–Crippen MR) is 103 cm³/mol. The van der Waals surface area contributed by atoms with Gasteiger partial charge in [-0.25, -0.2) is 9.37 Å². The van der Waals surface area contributed by atoms with Crippen molar-refractivity contribution < 1.29 is 9.13 Å². The summed E-state index contributed by atoms with van der Waals surface area (Å²) in [6.45, 7) is 5.57. The van der Waals surface area contributed by atoms with Gasteiger partial charge < -0.3 is 9.30 Å². The van der Waals surface area contributed by atoms with E-state index in [0.29, 0.717) is 0 Å². The van der Waals surface area contributed by atoms with E-state index in [9.17, 15) is 4.39 Å². The van der Waals surface area contributed by atoms with Crippen molar-refractivity contribution in [2.24, 2.45) is 0 Å². The van der Waals surface area contributed by atoms with Crippen molar-refractivity contribution in [1.29, 1.82) is 0 Å². The predicted octanol–water partition coefficient (Wildman–Crippen LogP) is 3.47. The molecule has 140 valence electrons. The highest BCUT2D eigenvalue weighted by Gasteiger charge is 2.16. The maximum Gasteiger partial charge on any atom is 0.123 e. The first-order valence-corrected chi connectivity index (χ1v) is 9.33. The number of hydrogen-bond acceptors (Lipinski definition) is 4. The Bertz CT molecular complexity index is 858. The molecule has 4 rings (SSSR count). The summed E-state index contributed by atoms with van der Waals surface area (Å²) in [7, 11) is 0. The Labute approximate surface area is 158 Å².